The fourth-order valence-electron chi connectivity index (χ4n) is 2.17. The maximum atomic E-state index is 12.6. The van der Waals surface area contributed by atoms with E-state index in [1.165, 1.54) is 16.9 Å². The third kappa shape index (κ3) is 2.60. The van der Waals surface area contributed by atoms with Crippen LogP contribution in [0.4, 0.5) is 0 Å². The number of carbonyl (C=O) groups is 1. The van der Waals surface area contributed by atoms with Crippen LogP contribution in [0.1, 0.15) is 32.6 Å². The van der Waals surface area contributed by atoms with Gasteiger partial charge in [0.05, 0.1) is 7.57 Å². The zero-order chi connectivity index (χ0) is 13.4. The predicted molar refractivity (Wildman–Crippen MR) is 83.8 cm³/mol. The lowest BCUT2D eigenvalue weighted by molar-refractivity contribution is 0.103. The van der Waals surface area contributed by atoms with Crippen LogP contribution in [0, 0.1) is 20.8 Å². The maximum absolute atomic E-state index is 12.6. The van der Waals surface area contributed by atoms with Gasteiger partial charge in [0, 0.05) is 11.1 Å². The second-order valence-electron chi connectivity index (χ2n) is 4.34. The molecule has 0 fully saturated rings. The minimum absolute atomic E-state index is 0.0822. The minimum atomic E-state index is 0.0822. The van der Waals surface area contributed by atoms with Crippen LogP contribution in [-0.2, 0) is 0 Å². The molecule has 0 aliphatic rings. The van der Waals surface area contributed by atoms with E-state index in [0.29, 0.717) is 0 Å². The van der Waals surface area contributed by atoms with Crippen LogP contribution < -0.4 is 0 Å². The third-order valence-corrected chi connectivity index (χ3v) is 5.14. The summed E-state index contributed by atoms with van der Waals surface area (Å²) in [6.07, 6.45) is 0. The standard InChI is InChI=1S/C14H12Br2OS/c1-7-4-8(2)12(9(3)5-7)13(17)10-6-11(15)18-14(10)16/h4-6H,1-3H3. The molecule has 4 heteroatoms. The third-order valence-electron chi connectivity index (χ3n) is 2.81. The zero-order valence-corrected chi connectivity index (χ0v) is 14.3. The zero-order valence-electron chi connectivity index (χ0n) is 10.3. The van der Waals surface area contributed by atoms with E-state index in [1.54, 1.807) is 0 Å². The fraction of sp³-hybridized carbons (Fsp3) is 0.214. The molecule has 0 radical (unpaired) electrons. The lowest BCUT2D eigenvalue weighted by Crippen LogP contribution is -2.06. The Labute approximate surface area is 127 Å². The SMILES string of the molecule is Cc1cc(C)c(C(=O)c2cc(Br)sc2Br)c(C)c1. The lowest BCUT2D eigenvalue weighted by atomic mass is 9.94. The van der Waals surface area contributed by atoms with Crippen molar-refractivity contribution in [3.8, 4) is 0 Å². The highest BCUT2D eigenvalue weighted by Crippen LogP contribution is 2.34. The number of hydrogen-bond donors (Lipinski definition) is 0. The molecule has 1 aromatic heterocycles. The second kappa shape index (κ2) is 5.27. The Kier molecular flexibility index (Phi) is 4.09. The Morgan fingerprint density at radius 2 is 1.61 bits per heavy atom. The Morgan fingerprint density at radius 3 is 2.06 bits per heavy atom. The predicted octanol–water partition coefficient (Wildman–Crippen LogP) is 5.43. The van der Waals surface area contributed by atoms with Gasteiger partial charge in [-0.05, 0) is 69.8 Å². The van der Waals surface area contributed by atoms with Crippen LogP contribution in [0.2, 0.25) is 0 Å². The van der Waals surface area contributed by atoms with E-state index >= 15 is 0 Å². The molecule has 94 valence electrons. The summed E-state index contributed by atoms with van der Waals surface area (Å²) in [5.41, 5.74) is 4.79. The monoisotopic (exact) mass is 386 g/mol. The quantitative estimate of drug-likeness (QED) is 0.628. The summed E-state index contributed by atoms with van der Waals surface area (Å²) in [5.74, 6) is 0.0822. The number of aryl methyl sites for hydroxylation is 3. The molecule has 0 N–H and O–H groups in total. The Balaban J connectivity index is 2.56. The summed E-state index contributed by atoms with van der Waals surface area (Å²) in [4.78, 5) is 12.6. The Bertz CT molecular complexity index is 606. The van der Waals surface area contributed by atoms with Crippen LogP contribution in [0.15, 0.2) is 25.8 Å². The van der Waals surface area contributed by atoms with Crippen LogP contribution >= 0.6 is 43.2 Å². The lowest BCUT2D eigenvalue weighted by Gasteiger charge is -2.09. The molecule has 0 atom stereocenters. The highest BCUT2D eigenvalue weighted by atomic mass is 79.9. The summed E-state index contributed by atoms with van der Waals surface area (Å²) in [6, 6.07) is 5.97. The molecular weight excluding hydrogens is 376 g/mol. The molecule has 2 rings (SSSR count). The highest BCUT2D eigenvalue weighted by Gasteiger charge is 2.19. The first kappa shape index (κ1) is 14.0. The van der Waals surface area contributed by atoms with E-state index in [1.807, 2.05) is 26.8 Å². The largest absolute Gasteiger partial charge is 0.289 e. The summed E-state index contributed by atoms with van der Waals surface area (Å²) in [7, 11) is 0. The van der Waals surface area contributed by atoms with E-state index in [9.17, 15) is 4.79 Å². The summed E-state index contributed by atoms with van der Waals surface area (Å²) < 4.78 is 1.83. The van der Waals surface area contributed by atoms with Gasteiger partial charge in [0.1, 0.15) is 0 Å². The maximum Gasteiger partial charge on any atom is 0.195 e. The molecule has 1 aromatic carbocycles. The molecule has 0 amide bonds. The van der Waals surface area contributed by atoms with E-state index < -0.39 is 0 Å². The summed E-state index contributed by atoms with van der Waals surface area (Å²) in [6.45, 7) is 6.02. The number of rotatable bonds is 2. The fourth-order valence-corrected chi connectivity index (χ4v) is 4.96. The first-order chi connectivity index (χ1) is 8.40. The van der Waals surface area contributed by atoms with Crippen molar-refractivity contribution in [1.82, 2.24) is 0 Å². The number of thiophene rings is 1. The van der Waals surface area contributed by atoms with Crippen LogP contribution in [-0.4, -0.2) is 5.78 Å². The average Bonchev–Trinajstić information content (AvgIpc) is 2.56. The van der Waals surface area contributed by atoms with Gasteiger partial charge < -0.3 is 0 Å². The summed E-state index contributed by atoms with van der Waals surface area (Å²) >= 11 is 8.37. The molecule has 1 nitrogen and oxygen atoms in total. The smallest absolute Gasteiger partial charge is 0.195 e. The highest BCUT2D eigenvalue weighted by molar-refractivity contribution is 9.12. The molecule has 0 saturated heterocycles. The molecule has 0 bridgehead atoms. The topological polar surface area (TPSA) is 17.1 Å². The van der Waals surface area contributed by atoms with Gasteiger partial charge in [-0.25, -0.2) is 0 Å². The van der Waals surface area contributed by atoms with Gasteiger partial charge in [-0.2, -0.15) is 0 Å². The Hall–Kier alpha value is -0.450. The molecule has 0 aliphatic heterocycles. The van der Waals surface area contributed by atoms with Crippen molar-refractivity contribution in [3.63, 3.8) is 0 Å². The van der Waals surface area contributed by atoms with Gasteiger partial charge >= 0.3 is 0 Å². The van der Waals surface area contributed by atoms with Crippen molar-refractivity contribution in [2.24, 2.45) is 0 Å². The number of benzene rings is 1. The molecule has 0 unspecified atom stereocenters. The minimum Gasteiger partial charge on any atom is -0.289 e. The van der Waals surface area contributed by atoms with Crippen molar-refractivity contribution in [2.45, 2.75) is 20.8 Å². The van der Waals surface area contributed by atoms with Crippen molar-refractivity contribution in [3.05, 3.63) is 53.6 Å². The molecule has 1 heterocycles. The van der Waals surface area contributed by atoms with Crippen molar-refractivity contribution < 1.29 is 4.79 Å². The number of ketones is 1. The number of halogens is 2. The van der Waals surface area contributed by atoms with Crippen LogP contribution in [0.5, 0.6) is 0 Å². The van der Waals surface area contributed by atoms with Gasteiger partial charge in [0.15, 0.2) is 5.78 Å². The average molecular weight is 388 g/mol. The molecule has 18 heavy (non-hydrogen) atoms. The van der Waals surface area contributed by atoms with Gasteiger partial charge in [-0.15, -0.1) is 11.3 Å². The molecule has 0 spiro atoms. The molecular formula is C14H12Br2OS. The summed E-state index contributed by atoms with van der Waals surface area (Å²) in [5, 5.41) is 0. The van der Waals surface area contributed by atoms with Crippen molar-refractivity contribution in [2.75, 3.05) is 0 Å². The molecule has 0 aliphatic carbocycles. The molecule has 2 aromatic rings. The van der Waals surface area contributed by atoms with Crippen LogP contribution in [0.3, 0.4) is 0 Å². The van der Waals surface area contributed by atoms with E-state index in [-0.39, 0.29) is 5.78 Å². The van der Waals surface area contributed by atoms with Crippen molar-refractivity contribution in [1.29, 1.82) is 0 Å². The first-order valence-corrected chi connectivity index (χ1v) is 7.87. The number of hydrogen-bond acceptors (Lipinski definition) is 2. The Morgan fingerprint density at radius 1 is 1.06 bits per heavy atom. The van der Waals surface area contributed by atoms with E-state index in [4.69, 9.17) is 0 Å². The second-order valence-corrected chi connectivity index (χ2v) is 8.09. The normalized spacial score (nSPS) is 10.7. The van der Waals surface area contributed by atoms with Crippen molar-refractivity contribution >= 4 is 49.0 Å². The van der Waals surface area contributed by atoms with E-state index in [0.717, 1.165) is 29.8 Å². The first-order valence-electron chi connectivity index (χ1n) is 5.47. The molecule has 0 saturated carbocycles. The van der Waals surface area contributed by atoms with E-state index in [2.05, 4.69) is 44.0 Å². The number of carbonyl (C=O) groups excluding carboxylic acids is 1. The van der Waals surface area contributed by atoms with Gasteiger partial charge in [0.2, 0.25) is 0 Å². The van der Waals surface area contributed by atoms with Gasteiger partial charge in [-0.1, -0.05) is 17.7 Å². The van der Waals surface area contributed by atoms with Gasteiger partial charge in [-0.3, -0.25) is 4.79 Å². The van der Waals surface area contributed by atoms with Gasteiger partial charge in [0.25, 0.3) is 0 Å². The van der Waals surface area contributed by atoms with Crippen LogP contribution in [0.25, 0.3) is 0 Å².